The standard InChI is InChI=1S/C9H18N2/c1-3-10(2)11-7-6-9(8-11)4-5-9/h3-8H2,1-2H3. The maximum absolute atomic E-state index is 2.51. The zero-order valence-electron chi connectivity index (χ0n) is 7.64. The summed E-state index contributed by atoms with van der Waals surface area (Å²) in [5.41, 5.74) is 0.781. The first-order chi connectivity index (χ1) is 5.26. The van der Waals surface area contributed by atoms with E-state index in [1.165, 1.54) is 32.4 Å². The number of hydrogen-bond donors (Lipinski definition) is 0. The van der Waals surface area contributed by atoms with Crippen LogP contribution in [0.4, 0.5) is 0 Å². The predicted molar refractivity (Wildman–Crippen MR) is 46.2 cm³/mol. The van der Waals surface area contributed by atoms with Gasteiger partial charge in [0.2, 0.25) is 0 Å². The predicted octanol–water partition coefficient (Wildman–Crippen LogP) is 1.34. The first kappa shape index (κ1) is 7.56. The zero-order valence-corrected chi connectivity index (χ0v) is 7.64. The number of hydrogen-bond acceptors (Lipinski definition) is 2. The summed E-state index contributed by atoms with van der Waals surface area (Å²) >= 11 is 0. The van der Waals surface area contributed by atoms with Gasteiger partial charge in [-0.15, -0.1) is 0 Å². The summed E-state index contributed by atoms with van der Waals surface area (Å²) in [5.74, 6) is 0. The molecule has 0 aromatic heterocycles. The minimum atomic E-state index is 0.781. The van der Waals surface area contributed by atoms with Crippen LogP contribution in [0.25, 0.3) is 0 Å². The molecule has 1 aliphatic heterocycles. The van der Waals surface area contributed by atoms with Crippen LogP contribution >= 0.6 is 0 Å². The molecular formula is C9H18N2. The van der Waals surface area contributed by atoms with Crippen LogP contribution in [0.1, 0.15) is 26.2 Å². The highest BCUT2D eigenvalue weighted by atomic mass is 15.6. The molecule has 1 spiro atoms. The van der Waals surface area contributed by atoms with E-state index in [1.54, 1.807) is 0 Å². The summed E-state index contributed by atoms with van der Waals surface area (Å²) in [6.07, 6.45) is 4.42. The smallest absolute Gasteiger partial charge is 0.0190 e. The van der Waals surface area contributed by atoms with E-state index in [0.717, 1.165) is 12.0 Å². The Balaban J connectivity index is 1.88. The first-order valence-electron chi connectivity index (χ1n) is 4.72. The van der Waals surface area contributed by atoms with Gasteiger partial charge in [-0.3, -0.25) is 0 Å². The first-order valence-corrected chi connectivity index (χ1v) is 4.72. The molecule has 2 aliphatic rings. The van der Waals surface area contributed by atoms with Crippen molar-refractivity contribution in [2.45, 2.75) is 26.2 Å². The maximum Gasteiger partial charge on any atom is 0.0190 e. The average molecular weight is 154 g/mol. The Labute approximate surface area is 69.1 Å². The van der Waals surface area contributed by atoms with Gasteiger partial charge >= 0.3 is 0 Å². The molecule has 0 amide bonds. The molecule has 1 saturated heterocycles. The van der Waals surface area contributed by atoms with Crippen molar-refractivity contribution in [1.29, 1.82) is 0 Å². The number of hydrazine groups is 1. The van der Waals surface area contributed by atoms with Gasteiger partial charge in [-0.2, -0.15) is 0 Å². The Kier molecular flexibility index (Phi) is 1.69. The van der Waals surface area contributed by atoms with Crippen molar-refractivity contribution in [3.63, 3.8) is 0 Å². The molecule has 0 bridgehead atoms. The van der Waals surface area contributed by atoms with Crippen LogP contribution in [-0.4, -0.2) is 36.7 Å². The van der Waals surface area contributed by atoms with Gasteiger partial charge in [-0.1, -0.05) is 6.92 Å². The SMILES string of the molecule is CCN(C)N1CCC2(CC2)C1. The quantitative estimate of drug-likeness (QED) is 0.592. The van der Waals surface area contributed by atoms with Gasteiger partial charge in [-0.25, -0.2) is 10.0 Å². The van der Waals surface area contributed by atoms with E-state index in [-0.39, 0.29) is 0 Å². The second-order valence-electron chi connectivity index (χ2n) is 4.11. The lowest BCUT2D eigenvalue weighted by Gasteiger charge is -2.26. The molecule has 11 heavy (non-hydrogen) atoms. The van der Waals surface area contributed by atoms with Crippen LogP contribution in [0.5, 0.6) is 0 Å². The summed E-state index contributed by atoms with van der Waals surface area (Å²) < 4.78 is 0. The topological polar surface area (TPSA) is 6.48 Å². The minimum Gasteiger partial charge on any atom is -0.245 e. The second kappa shape index (κ2) is 2.46. The lowest BCUT2D eigenvalue weighted by molar-refractivity contribution is 0.0248. The van der Waals surface area contributed by atoms with Crippen molar-refractivity contribution < 1.29 is 0 Å². The van der Waals surface area contributed by atoms with Crippen LogP contribution in [-0.2, 0) is 0 Å². The molecule has 2 rings (SSSR count). The molecule has 0 atom stereocenters. The van der Waals surface area contributed by atoms with Crippen LogP contribution < -0.4 is 0 Å². The normalized spacial score (nSPS) is 28.6. The average Bonchev–Trinajstić information content (AvgIpc) is 2.61. The monoisotopic (exact) mass is 154 g/mol. The molecule has 0 unspecified atom stereocenters. The molecule has 1 heterocycles. The van der Waals surface area contributed by atoms with Gasteiger partial charge < -0.3 is 0 Å². The zero-order chi connectivity index (χ0) is 7.90. The summed E-state index contributed by atoms with van der Waals surface area (Å²) in [6.45, 7) is 6.00. The van der Waals surface area contributed by atoms with Gasteiger partial charge in [0, 0.05) is 26.7 Å². The second-order valence-corrected chi connectivity index (χ2v) is 4.11. The van der Waals surface area contributed by atoms with E-state index in [1.807, 2.05) is 0 Å². The largest absolute Gasteiger partial charge is 0.245 e. The fraction of sp³-hybridized carbons (Fsp3) is 1.00. The maximum atomic E-state index is 2.51. The minimum absolute atomic E-state index is 0.781. The molecule has 0 aromatic rings. The van der Waals surface area contributed by atoms with Gasteiger partial charge in [0.25, 0.3) is 0 Å². The molecule has 2 heteroatoms. The number of nitrogens with zero attached hydrogens (tertiary/aromatic N) is 2. The Morgan fingerprint density at radius 2 is 2.09 bits per heavy atom. The molecule has 2 nitrogen and oxygen atoms in total. The van der Waals surface area contributed by atoms with Crippen LogP contribution in [0.15, 0.2) is 0 Å². The van der Waals surface area contributed by atoms with Crippen molar-refractivity contribution in [2.75, 3.05) is 26.7 Å². The van der Waals surface area contributed by atoms with Crippen LogP contribution in [0.2, 0.25) is 0 Å². The lowest BCUT2D eigenvalue weighted by atomic mass is 10.1. The molecule has 1 aliphatic carbocycles. The van der Waals surface area contributed by atoms with E-state index in [4.69, 9.17) is 0 Å². The van der Waals surface area contributed by atoms with Crippen LogP contribution in [0.3, 0.4) is 0 Å². The summed E-state index contributed by atoms with van der Waals surface area (Å²) in [4.78, 5) is 0. The highest BCUT2D eigenvalue weighted by Crippen LogP contribution is 2.52. The van der Waals surface area contributed by atoms with Crippen molar-refractivity contribution in [2.24, 2.45) is 5.41 Å². The van der Waals surface area contributed by atoms with E-state index >= 15 is 0 Å². The van der Waals surface area contributed by atoms with Crippen molar-refractivity contribution >= 4 is 0 Å². The summed E-state index contributed by atoms with van der Waals surface area (Å²) in [6, 6.07) is 0. The third-order valence-electron chi connectivity index (χ3n) is 3.32. The summed E-state index contributed by atoms with van der Waals surface area (Å²) in [7, 11) is 2.20. The third-order valence-corrected chi connectivity index (χ3v) is 3.32. The molecule has 1 saturated carbocycles. The highest BCUT2D eigenvalue weighted by molar-refractivity contribution is 4.99. The molecule has 0 N–H and O–H groups in total. The Morgan fingerprint density at radius 3 is 2.55 bits per heavy atom. The number of rotatable bonds is 2. The van der Waals surface area contributed by atoms with Crippen molar-refractivity contribution in [1.82, 2.24) is 10.0 Å². The Morgan fingerprint density at radius 1 is 1.36 bits per heavy atom. The third kappa shape index (κ3) is 1.30. The van der Waals surface area contributed by atoms with Gasteiger partial charge in [0.05, 0.1) is 0 Å². The van der Waals surface area contributed by atoms with Gasteiger partial charge in [0.1, 0.15) is 0 Å². The van der Waals surface area contributed by atoms with E-state index in [9.17, 15) is 0 Å². The van der Waals surface area contributed by atoms with Crippen molar-refractivity contribution in [3.8, 4) is 0 Å². The molecule has 64 valence electrons. The van der Waals surface area contributed by atoms with Gasteiger partial charge in [-0.05, 0) is 24.7 Å². The van der Waals surface area contributed by atoms with E-state index in [0.29, 0.717) is 0 Å². The molecule has 0 aromatic carbocycles. The molecule has 2 fully saturated rings. The fourth-order valence-corrected chi connectivity index (χ4v) is 1.99. The molecule has 0 radical (unpaired) electrons. The highest BCUT2D eigenvalue weighted by Gasteiger charge is 2.48. The van der Waals surface area contributed by atoms with E-state index in [2.05, 4.69) is 24.0 Å². The van der Waals surface area contributed by atoms with Crippen molar-refractivity contribution in [3.05, 3.63) is 0 Å². The molecular weight excluding hydrogens is 136 g/mol. The lowest BCUT2D eigenvalue weighted by Crippen LogP contribution is -2.37. The van der Waals surface area contributed by atoms with Gasteiger partial charge in [0.15, 0.2) is 0 Å². The Hall–Kier alpha value is -0.0800. The summed E-state index contributed by atoms with van der Waals surface area (Å²) in [5, 5.41) is 4.86. The van der Waals surface area contributed by atoms with E-state index < -0.39 is 0 Å². The Bertz CT molecular complexity index is 152. The fourth-order valence-electron chi connectivity index (χ4n) is 1.99. The van der Waals surface area contributed by atoms with Crippen LogP contribution in [0, 0.1) is 5.41 Å².